The normalized spacial score (nSPS) is 19.1. The van der Waals surface area contributed by atoms with E-state index in [2.05, 4.69) is 29.7 Å². The Kier molecular flexibility index (Phi) is 4.88. The lowest BCUT2D eigenvalue weighted by molar-refractivity contribution is 0.355. The first-order valence-electron chi connectivity index (χ1n) is 9.53. The Bertz CT molecular complexity index is 1040. The first-order valence-corrected chi connectivity index (χ1v) is 9.53. The average molecular weight is 364 g/mol. The highest BCUT2D eigenvalue weighted by Gasteiger charge is 2.21. The fourth-order valence-electron chi connectivity index (χ4n) is 3.92. The van der Waals surface area contributed by atoms with Gasteiger partial charge in [-0.25, -0.2) is 4.58 Å². The molecule has 4 nitrogen and oxygen atoms in total. The van der Waals surface area contributed by atoms with Gasteiger partial charge in [0.15, 0.2) is 11.5 Å². The Labute approximate surface area is 159 Å². The van der Waals surface area contributed by atoms with Crippen molar-refractivity contribution in [2.24, 2.45) is 5.92 Å². The van der Waals surface area contributed by atoms with Crippen LogP contribution in [0.1, 0.15) is 19.8 Å². The van der Waals surface area contributed by atoms with Crippen molar-refractivity contribution in [3.05, 3.63) is 53.9 Å². The van der Waals surface area contributed by atoms with Gasteiger partial charge in [-0.2, -0.15) is 0 Å². The molecule has 0 bridgehead atoms. The molecule has 4 rings (SSSR count). The van der Waals surface area contributed by atoms with Crippen LogP contribution in [0.15, 0.2) is 52.9 Å². The number of benzene rings is 2. The molecular weight excluding hydrogens is 338 g/mol. The van der Waals surface area contributed by atoms with E-state index in [1.165, 1.54) is 18.2 Å². The van der Waals surface area contributed by atoms with Gasteiger partial charge in [0.2, 0.25) is 5.36 Å². The van der Waals surface area contributed by atoms with E-state index >= 15 is 0 Å². The summed E-state index contributed by atoms with van der Waals surface area (Å²) in [5, 5.41) is 2.41. The van der Waals surface area contributed by atoms with Crippen LogP contribution in [0.2, 0.25) is 0 Å². The quantitative estimate of drug-likeness (QED) is 0.649. The van der Waals surface area contributed by atoms with Gasteiger partial charge in [-0.05, 0) is 36.8 Å². The lowest BCUT2D eigenvalue weighted by Gasteiger charge is -2.17. The van der Waals surface area contributed by atoms with Gasteiger partial charge in [0.1, 0.15) is 24.4 Å². The summed E-state index contributed by atoms with van der Waals surface area (Å²) in [7, 11) is 3.30. The van der Waals surface area contributed by atoms with Crippen LogP contribution < -0.4 is 19.4 Å². The SMILES string of the molecule is COc1ccc(-c2cc(=[N+]3CCC[C@H](C)C3)c3ccccc3o2)cc1OC. The lowest BCUT2D eigenvalue weighted by Crippen LogP contribution is -2.38. The summed E-state index contributed by atoms with van der Waals surface area (Å²) >= 11 is 0. The summed E-state index contributed by atoms with van der Waals surface area (Å²) in [5.74, 6) is 2.96. The van der Waals surface area contributed by atoms with Crippen LogP contribution in [0.4, 0.5) is 0 Å². The van der Waals surface area contributed by atoms with E-state index in [9.17, 15) is 0 Å². The maximum Gasteiger partial charge on any atom is 0.214 e. The topological polar surface area (TPSA) is 34.6 Å². The van der Waals surface area contributed by atoms with Gasteiger partial charge in [0.25, 0.3) is 0 Å². The van der Waals surface area contributed by atoms with Crippen LogP contribution in [0.5, 0.6) is 11.5 Å². The summed E-state index contributed by atoms with van der Waals surface area (Å²) in [6.45, 7) is 4.50. The second-order valence-corrected chi connectivity index (χ2v) is 7.26. The predicted octanol–water partition coefficient (Wildman–Crippen LogP) is 4.32. The van der Waals surface area contributed by atoms with Crippen LogP contribution in [-0.4, -0.2) is 27.3 Å². The Morgan fingerprint density at radius 2 is 1.81 bits per heavy atom. The minimum absolute atomic E-state index is 0.700. The molecule has 0 aliphatic carbocycles. The van der Waals surface area contributed by atoms with Gasteiger partial charge in [0, 0.05) is 17.9 Å². The maximum atomic E-state index is 6.26. The summed E-state index contributed by atoms with van der Waals surface area (Å²) in [6.07, 6.45) is 2.53. The van der Waals surface area contributed by atoms with Crippen LogP contribution in [-0.2, 0) is 0 Å². The maximum absolute atomic E-state index is 6.26. The molecule has 3 aromatic rings. The number of para-hydroxylation sites is 1. The van der Waals surface area contributed by atoms with Crippen LogP contribution >= 0.6 is 0 Å². The molecule has 27 heavy (non-hydrogen) atoms. The number of nitrogens with zero attached hydrogens (tertiary/aromatic N) is 1. The largest absolute Gasteiger partial charge is 0.493 e. The monoisotopic (exact) mass is 364 g/mol. The van der Waals surface area contributed by atoms with Crippen LogP contribution in [0.25, 0.3) is 22.3 Å². The lowest BCUT2D eigenvalue weighted by atomic mass is 10.0. The number of hydrogen-bond acceptors (Lipinski definition) is 3. The highest BCUT2D eigenvalue weighted by atomic mass is 16.5. The molecule has 0 unspecified atom stereocenters. The van der Waals surface area contributed by atoms with E-state index in [4.69, 9.17) is 13.9 Å². The molecule has 1 fully saturated rings. The molecule has 0 saturated carbocycles. The zero-order valence-corrected chi connectivity index (χ0v) is 16.2. The average Bonchev–Trinajstić information content (AvgIpc) is 2.72. The van der Waals surface area contributed by atoms with Gasteiger partial charge < -0.3 is 13.9 Å². The third-order valence-corrected chi connectivity index (χ3v) is 5.32. The molecule has 0 spiro atoms. The fourth-order valence-corrected chi connectivity index (χ4v) is 3.92. The van der Waals surface area contributed by atoms with Crippen molar-refractivity contribution < 1.29 is 13.9 Å². The zero-order valence-electron chi connectivity index (χ0n) is 16.2. The molecule has 1 saturated heterocycles. The third-order valence-electron chi connectivity index (χ3n) is 5.32. The van der Waals surface area contributed by atoms with E-state index in [1.54, 1.807) is 14.2 Å². The molecule has 1 aliphatic heterocycles. The van der Waals surface area contributed by atoms with Gasteiger partial charge in [0.05, 0.1) is 25.7 Å². The standard InChI is InChI=1S/C23H26NO3/c1-16-7-6-12-24(15-16)19-14-22(27-20-9-5-4-8-18(19)20)17-10-11-21(25-2)23(13-17)26-3/h4-5,8-11,13-14,16H,6-7,12,15H2,1-3H3/q+1/t16-/m0/s1. The molecule has 0 radical (unpaired) electrons. The van der Waals surface area contributed by atoms with Gasteiger partial charge in [-0.15, -0.1) is 0 Å². The molecule has 0 amide bonds. The van der Waals surface area contributed by atoms with Crippen LogP contribution in [0.3, 0.4) is 0 Å². The smallest absolute Gasteiger partial charge is 0.214 e. The van der Waals surface area contributed by atoms with E-state index in [0.29, 0.717) is 17.4 Å². The van der Waals surface area contributed by atoms with Crippen molar-refractivity contribution in [3.8, 4) is 22.8 Å². The molecule has 2 heterocycles. The van der Waals surface area contributed by atoms with Crippen molar-refractivity contribution in [2.45, 2.75) is 19.8 Å². The van der Waals surface area contributed by atoms with Crippen molar-refractivity contribution in [1.29, 1.82) is 0 Å². The molecule has 1 aromatic heterocycles. The molecular formula is C23H26NO3+. The molecule has 1 atom stereocenters. The predicted molar refractivity (Wildman–Crippen MR) is 108 cm³/mol. The molecule has 1 aliphatic rings. The minimum atomic E-state index is 0.700. The summed E-state index contributed by atoms with van der Waals surface area (Å²) in [6, 6.07) is 16.3. The van der Waals surface area contributed by atoms with E-state index in [1.807, 2.05) is 30.3 Å². The summed E-state index contributed by atoms with van der Waals surface area (Å²) in [4.78, 5) is 0. The number of ether oxygens (including phenoxy) is 2. The number of piperidine rings is 1. The Balaban J connectivity index is 1.94. The van der Waals surface area contributed by atoms with E-state index < -0.39 is 0 Å². The Morgan fingerprint density at radius 1 is 1.00 bits per heavy atom. The van der Waals surface area contributed by atoms with Crippen molar-refractivity contribution in [3.63, 3.8) is 0 Å². The van der Waals surface area contributed by atoms with Gasteiger partial charge >= 0.3 is 0 Å². The number of methoxy groups -OCH3 is 2. The number of hydrogen-bond donors (Lipinski definition) is 0. The second kappa shape index (κ2) is 7.47. The van der Waals surface area contributed by atoms with Crippen molar-refractivity contribution in [2.75, 3.05) is 27.3 Å². The van der Waals surface area contributed by atoms with Gasteiger partial charge in [-0.1, -0.05) is 19.1 Å². The molecule has 0 N–H and O–H groups in total. The Hall–Kier alpha value is -2.75. The third kappa shape index (κ3) is 3.44. The number of rotatable bonds is 3. The van der Waals surface area contributed by atoms with E-state index in [-0.39, 0.29) is 0 Å². The summed E-state index contributed by atoms with van der Waals surface area (Å²) in [5.41, 5.74) is 1.88. The van der Waals surface area contributed by atoms with Crippen LogP contribution in [0, 0.1) is 5.92 Å². The minimum Gasteiger partial charge on any atom is -0.493 e. The molecule has 2 aromatic carbocycles. The Morgan fingerprint density at radius 3 is 2.59 bits per heavy atom. The first kappa shape index (κ1) is 17.7. The van der Waals surface area contributed by atoms with Gasteiger partial charge in [-0.3, -0.25) is 0 Å². The molecule has 140 valence electrons. The number of fused-ring (bicyclic) bond motifs is 1. The van der Waals surface area contributed by atoms with E-state index in [0.717, 1.165) is 35.4 Å². The first-order chi connectivity index (χ1) is 13.2. The summed E-state index contributed by atoms with van der Waals surface area (Å²) < 4.78 is 19.6. The zero-order chi connectivity index (χ0) is 18.8. The fraction of sp³-hybridized carbons (Fsp3) is 0.348. The second-order valence-electron chi connectivity index (χ2n) is 7.26. The van der Waals surface area contributed by atoms with Crippen molar-refractivity contribution in [1.82, 2.24) is 4.58 Å². The highest BCUT2D eigenvalue weighted by Crippen LogP contribution is 2.32. The molecule has 4 heteroatoms. The van der Waals surface area contributed by atoms with Crippen molar-refractivity contribution >= 4 is 11.0 Å². The highest BCUT2D eigenvalue weighted by molar-refractivity contribution is 5.78.